The summed E-state index contributed by atoms with van der Waals surface area (Å²) in [5, 5.41) is 0. The first-order valence-electron chi connectivity index (χ1n) is 9.57. The van der Waals surface area contributed by atoms with Crippen molar-refractivity contribution >= 4 is 35.0 Å². The highest BCUT2D eigenvalue weighted by atomic mass is 28.5. The molecule has 3 heterocycles. The Labute approximate surface area is 163 Å². The van der Waals surface area contributed by atoms with Gasteiger partial charge in [0.1, 0.15) is 12.2 Å². The van der Waals surface area contributed by atoms with Gasteiger partial charge >= 0.3 is 35.0 Å². The van der Waals surface area contributed by atoms with Crippen molar-refractivity contribution in [1.82, 2.24) is 0 Å². The van der Waals surface area contributed by atoms with Crippen LogP contribution in [0.15, 0.2) is 0 Å². The second kappa shape index (κ2) is 9.39. The van der Waals surface area contributed by atoms with Crippen LogP contribution in [-0.2, 0) is 30.7 Å². The molecule has 26 heavy (non-hydrogen) atoms. The second-order valence-corrected chi connectivity index (χ2v) is 21.7. The highest BCUT2D eigenvalue weighted by molar-refractivity contribution is 6.89. The molecule has 0 amide bonds. The molecule has 3 aliphatic heterocycles. The predicted octanol–water partition coefficient (Wildman–Crippen LogP) is 2.60. The van der Waals surface area contributed by atoms with Gasteiger partial charge in [0.05, 0.1) is 26.4 Å². The van der Waals surface area contributed by atoms with Crippen LogP contribution in [0.1, 0.15) is 13.3 Å². The van der Waals surface area contributed by atoms with E-state index in [2.05, 4.69) is 46.2 Å². The van der Waals surface area contributed by atoms with Crippen LogP contribution in [0.4, 0.5) is 0 Å². The minimum atomic E-state index is -2.10. The third-order valence-corrected chi connectivity index (χ3v) is 19.3. The second-order valence-electron chi connectivity index (χ2n) is 8.31. The van der Waals surface area contributed by atoms with E-state index in [-0.39, 0.29) is 0 Å². The van der Waals surface area contributed by atoms with E-state index in [9.17, 15) is 0 Å². The van der Waals surface area contributed by atoms with Crippen LogP contribution in [0.2, 0.25) is 45.3 Å². The number of epoxide rings is 2. The summed E-state index contributed by atoms with van der Waals surface area (Å²) < 4.78 is 39.9. The van der Waals surface area contributed by atoms with E-state index in [4.69, 9.17) is 30.7 Å². The summed E-state index contributed by atoms with van der Waals surface area (Å²) in [7, 11) is -7.86. The first-order valence-corrected chi connectivity index (χ1v) is 19.8. The van der Waals surface area contributed by atoms with Crippen molar-refractivity contribution in [3.8, 4) is 0 Å². The fourth-order valence-corrected chi connectivity index (χ4v) is 21.3. The fraction of sp³-hybridized carbons (Fsp3) is 1.00. The molecule has 2 unspecified atom stereocenters. The Balaban J connectivity index is 0.000000223. The molecule has 3 saturated heterocycles. The van der Waals surface area contributed by atoms with E-state index in [1.54, 1.807) is 0 Å². The first-order chi connectivity index (χ1) is 12.0. The molecule has 0 saturated carbocycles. The van der Waals surface area contributed by atoms with Gasteiger partial charge in [-0.15, -0.1) is 0 Å². The average molecular weight is 441 g/mol. The van der Waals surface area contributed by atoms with E-state index in [0.717, 1.165) is 38.9 Å². The number of ether oxygens (including phenoxy) is 3. The van der Waals surface area contributed by atoms with E-state index in [1.165, 1.54) is 0 Å². The van der Waals surface area contributed by atoms with Crippen molar-refractivity contribution in [3.05, 3.63) is 0 Å². The molecule has 3 rings (SSSR count). The van der Waals surface area contributed by atoms with Gasteiger partial charge in [-0.05, 0) is 45.3 Å². The highest BCUT2D eigenvalue weighted by Gasteiger charge is 2.46. The van der Waals surface area contributed by atoms with Crippen molar-refractivity contribution in [2.24, 2.45) is 0 Å². The normalized spacial score (nSPS) is 32.0. The SMILES string of the molecule is C(OCC1CO1)C1CO1.CCC[SiH]1O[Si](C)(C)O[Si](C)(C)O[Si](C)(C)O1. The summed E-state index contributed by atoms with van der Waals surface area (Å²) in [4.78, 5) is 0. The van der Waals surface area contributed by atoms with E-state index in [0.29, 0.717) is 12.2 Å². The summed E-state index contributed by atoms with van der Waals surface area (Å²) in [5.41, 5.74) is 0. The van der Waals surface area contributed by atoms with Crippen LogP contribution < -0.4 is 0 Å². The van der Waals surface area contributed by atoms with Crippen molar-refractivity contribution in [1.29, 1.82) is 0 Å². The molecule has 2 atom stereocenters. The Morgan fingerprint density at radius 3 is 1.58 bits per heavy atom. The van der Waals surface area contributed by atoms with Crippen molar-refractivity contribution in [2.45, 2.75) is 70.9 Å². The Morgan fingerprint density at radius 1 is 0.808 bits per heavy atom. The highest BCUT2D eigenvalue weighted by Crippen LogP contribution is 2.27. The van der Waals surface area contributed by atoms with E-state index in [1.807, 2.05) is 0 Å². The van der Waals surface area contributed by atoms with Gasteiger partial charge in [0.25, 0.3) is 0 Å². The monoisotopic (exact) mass is 440 g/mol. The molecule has 0 bridgehead atoms. The molecule has 3 fully saturated rings. The summed E-state index contributed by atoms with van der Waals surface area (Å²) >= 11 is 0. The quantitative estimate of drug-likeness (QED) is 0.464. The van der Waals surface area contributed by atoms with E-state index >= 15 is 0 Å². The lowest BCUT2D eigenvalue weighted by atomic mass is 10.5. The third-order valence-electron chi connectivity index (χ3n) is 3.75. The number of rotatable bonds is 6. The molecule has 0 N–H and O–H groups in total. The Hall–Kier alpha value is 0.588. The lowest BCUT2D eigenvalue weighted by molar-refractivity contribution is 0.102. The van der Waals surface area contributed by atoms with Crippen LogP contribution in [0.3, 0.4) is 0 Å². The van der Waals surface area contributed by atoms with Gasteiger partial charge in [0, 0.05) is 0 Å². The minimum Gasteiger partial charge on any atom is -0.418 e. The van der Waals surface area contributed by atoms with Crippen molar-refractivity contribution in [3.63, 3.8) is 0 Å². The van der Waals surface area contributed by atoms with Gasteiger partial charge in [-0.2, -0.15) is 0 Å². The molecule has 3 aliphatic rings. The molecule has 154 valence electrons. The van der Waals surface area contributed by atoms with Crippen LogP contribution in [0, 0.1) is 0 Å². The Kier molecular flexibility index (Phi) is 8.26. The first kappa shape index (κ1) is 22.9. The largest absolute Gasteiger partial charge is 0.418 e. The summed E-state index contributed by atoms with van der Waals surface area (Å²) in [6.07, 6.45) is 1.89. The molecule has 0 radical (unpaired) electrons. The maximum Gasteiger partial charge on any atom is 0.314 e. The maximum absolute atomic E-state index is 6.21. The molecule has 0 spiro atoms. The minimum absolute atomic E-state index is 0.392. The van der Waals surface area contributed by atoms with Gasteiger partial charge in [0.15, 0.2) is 0 Å². The van der Waals surface area contributed by atoms with Crippen molar-refractivity contribution < 1.29 is 30.7 Å². The van der Waals surface area contributed by atoms with Gasteiger partial charge in [-0.25, -0.2) is 0 Å². The zero-order chi connectivity index (χ0) is 19.4. The summed E-state index contributed by atoms with van der Waals surface area (Å²) in [6, 6.07) is 1.04. The molecule has 0 aromatic heterocycles. The lowest BCUT2D eigenvalue weighted by Crippen LogP contribution is -2.61. The molecule has 0 aliphatic carbocycles. The molecule has 0 aromatic rings. The number of hydrogen-bond donors (Lipinski definition) is 0. The molecular weight excluding hydrogens is 405 g/mol. The van der Waals surface area contributed by atoms with Gasteiger partial charge in [-0.1, -0.05) is 13.3 Å². The standard InChI is InChI=1S/C9H26O4Si4.C6H10O3/c1-8-9-14-10-15(2,3)12-17(6,7)13-16(4,5)11-14;1(5-3-8-5)7-2-6-4-9-6/h14H,8-9H2,1-7H3;5-6H,1-4H2. The zero-order valence-corrected chi connectivity index (χ0v) is 21.5. The van der Waals surface area contributed by atoms with Crippen molar-refractivity contribution in [2.75, 3.05) is 26.4 Å². The molecule has 7 nitrogen and oxygen atoms in total. The van der Waals surface area contributed by atoms with Gasteiger partial charge in [0.2, 0.25) is 0 Å². The maximum atomic E-state index is 6.21. The summed E-state index contributed by atoms with van der Waals surface area (Å²) in [6.45, 7) is 18.0. The Bertz CT molecular complexity index is 408. The van der Waals surface area contributed by atoms with Crippen LogP contribution >= 0.6 is 0 Å². The molecule has 0 aromatic carbocycles. The summed E-state index contributed by atoms with van der Waals surface area (Å²) in [5.74, 6) is 0. The topological polar surface area (TPSA) is 71.2 Å². The van der Waals surface area contributed by atoms with Gasteiger partial charge in [-0.3, -0.25) is 0 Å². The van der Waals surface area contributed by atoms with Crippen LogP contribution in [0.5, 0.6) is 0 Å². The molecule has 11 heteroatoms. The predicted molar refractivity (Wildman–Crippen MR) is 109 cm³/mol. The van der Waals surface area contributed by atoms with Crippen LogP contribution in [0.25, 0.3) is 0 Å². The smallest absolute Gasteiger partial charge is 0.314 e. The third kappa shape index (κ3) is 9.68. The lowest BCUT2D eigenvalue weighted by Gasteiger charge is -2.43. The van der Waals surface area contributed by atoms with Gasteiger partial charge < -0.3 is 30.7 Å². The Morgan fingerprint density at radius 2 is 1.23 bits per heavy atom. The fourth-order valence-electron chi connectivity index (χ4n) is 2.92. The van der Waals surface area contributed by atoms with E-state index < -0.39 is 35.0 Å². The molecular formula is C15H36O7Si4. The average Bonchev–Trinajstić information content (AvgIpc) is 3.29. The number of hydrogen-bond acceptors (Lipinski definition) is 7. The van der Waals surface area contributed by atoms with Crippen LogP contribution in [-0.4, -0.2) is 73.6 Å². The zero-order valence-electron chi connectivity index (χ0n) is 17.3.